The summed E-state index contributed by atoms with van der Waals surface area (Å²) in [4.78, 5) is 9.53. The molecule has 4 N–H and O–H groups in total. The number of carboxylic acids is 1. The molecule has 0 aromatic rings. The van der Waals surface area contributed by atoms with Gasteiger partial charge in [0, 0.05) is 0 Å². The predicted octanol–water partition coefficient (Wildman–Crippen LogP) is 2.22. The molecule has 20 heavy (non-hydrogen) atoms. The van der Waals surface area contributed by atoms with Crippen LogP contribution in [-0.2, 0) is 4.79 Å². The van der Waals surface area contributed by atoms with Gasteiger partial charge in [-0.3, -0.25) is 0 Å². The largest absolute Gasteiger partial charge is 0.544 e. The van der Waals surface area contributed by atoms with Gasteiger partial charge in [-0.25, -0.2) is 4.39 Å². The monoisotopic (exact) mass is 331 g/mol. The molecule has 14 heteroatoms. The lowest BCUT2D eigenvalue weighted by Gasteiger charge is -2.39. The predicted molar refractivity (Wildman–Crippen MR) is 36.8 cm³/mol. The number of hydrogen-bond acceptors (Lipinski definition) is 2. The molecule has 0 radical (unpaired) electrons. The molecule has 0 saturated heterocycles. The van der Waals surface area contributed by atoms with Crippen LogP contribution in [0.4, 0.5) is 48.3 Å². The van der Waals surface area contributed by atoms with E-state index in [1.807, 2.05) is 0 Å². The van der Waals surface area contributed by atoms with Crippen molar-refractivity contribution in [3.8, 4) is 0 Å². The van der Waals surface area contributed by atoms with Crippen molar-refractivity contribution in [2.75, 3.05) is 0 Å². The average Bonchev–Trinajstić information content (AvgIpc) is 2.11. The Hall–Kier alpha value is -1.34. The molecule has 0 aromatic heterocycles. The lowest BCUT2D eigenvalue weighted by Crippen LogP contribution is -2.72. The lowest BCUT2D eigenvalue weighted by molar-refractivity contribution is -0.432. The molecule has 0 aromatic carbocycles. The first-order chi connectivity index (χ1) is 7.94. The summed E-state index contributed by atoms with van der Waals surface area (Å²) in [6.07, 6.45) is -15.1. The fourth-order valence-corrected chi connectivity index (χ4v) is 0.861. The van der Waals surface area contributed by atoms with Gasteiger partial charge in [0.1, 0.15) is 5.97 Å². The zero-order chi connectivity index (χ0) is 16.1. The smallest absolute Gasteiger partial charge is 0.438 e. The number of alkyl halides is 11. The molecule has 0 spiro atoms. The van der Waals surface area contributed by atoms with Gasteiger partial charge in [0.05, 0.1) is 0 Å². The number of rotatable bonds is 3. The first kappa shape index (κ1) is 21.0. The van der Waals surface area contributed by atoms with Crippen LogP contribution in [0.2, 0.25) is 0 Å². The number of aliphatic carboxylic acids is 1. The molecule has 0 saturated carbocycles. The highest BCUT2D eigenvalue weighted by atomic mass is 19.4. The van der Waals surface area contributed by atoms with E-state index in [0.717, 1.165) is 0 Å². The van der Waals surface area contributed by atoms with E-state index in [1.165, 1.54) is 0 Å². The molecule has 0 unspecified atom stereocenters. The van der Waals surface area contributed by atoms with Gasteiger partial charge in [0.25, 0.3) is 0 Å². The number of carboxylic acid groups (broad SMARTS) is 1. The Labute approximate surface area is 101 Å². The summed E-state index contributed by atoms with van der Waals surface area (Å²) in [6, 6.07) is 0. The molecule has 0 atom stereocenters. The zero-order valence-corrected chi connectivity index (χ0v) is 8.97. The molecular formula is C6H4F11NO2. The van der Waals surface area contributed by atoms with Crippen molar-refractivity contribution in [2.45, 2.75) is 29.9 Å². The Morgan fingerprint density at radius 1 is 0.700 bits per heavy atom. The topological polar surface area (TPSA) is 76.6 Å². The van der Waals surface area contributed by atoms with E-state index in [-0.39, 0.29) is 6.15 Å². The quantitative estimate of drug-likeness (QED) is 0.805. The molecule has 3 nitrogen and oxygen atoms in total. The van der Waals surface area contributed by atoms with Gasteiger partial charge in [0.2, 0.25) is 0 Å². The van der Waals surface area contributed by atoms with Crippen LogP contribution in [0.15, 0.2) is 0 Å². The minimum atomic E-state index is -7.77. The number of quaternary nitrogens is 1. The maximum absolute atomic E-state index is 12.7. The van der Waals surface area contributed by atoms with Gasteiger partial charge in [-0.15, -0.1) is 0 Å². The summed E-state index contributed by atoms with van der Waals surface area (Å²) in [7, 11) is 0. The number of halogens is 11. The highest BCUT2D eigenvalue weighted by molar-refractivity contribution is 5.75. The second-order valence-electron chi connectivity index (χ2n) is 3.09. The molecule has 0 aliphatic rings. The molecule has 0 aliphatic heterocycles. The van der Waals surface area contributed by atoms with E-state index < -0.39 is 35.8 Å². The van der Waals surface area contributed by atoms with Crippen molar-refractivity contribution in [1.29, 1.82) is 0 Å². The third-order valence-corrected chi connectivity index (χ3v) is 1.86. The second-order valence-corrected chi connectivity index (χ2v) is 3.09. The Bertz CT molecular complexity index is 356. The molecule has 0 rings (SSSR count). The van der Waals surface area contributed by atoms with Crippen LogP contribution >= 0.6 is 0 Å². The number of hydrogen-bond donors (Lipinski definition) is 1. The highest BCUT2D eigenvalue weighted by Crippen LogP contribution is 2.58. The van der Waals surface area contributed by atoms with Crippen LogP contribution in [0.5, 0.6) is 0 Å². The van der Waals surface area contributed by atoms with Gasteiger partial charge in [-0.1, -0.05) is 0 Å². The van der Waals surface area contributed by atoms with Gasteiger partial charge in [0.15, 0.2) is 0 Å². The van der Waals surface area contributed by atoms with E-state index >= 15 is 0 Å². The van der Waals surface area contributed by atoms with E-state index in [4.69, 9.17) is 0 Å². The third-order valence-electron chi connectivity index (χ3n) is 1.86. The Balaban J connectivity index is 0. The van der Waals surface area contributed by atoms with Gasteiger partial charge < -0.3 is 16.1 Å². The maximum Gasteiger partial charge on any atom is 0.438 e. The van der Waals surface area contributed by atoms with Gasteiger partial charge >= 0.3 is 29.9 Å². The Kier molecular flexibility index (Phi) is 5.13. The summed E-state index contributed by atoms with van der Waals surface area (Å²) in [5.41, 5.74) is -7.77. The normalized spacial score (nSPS) is 14.8. The van der Waals surface area contributed by atoms with Crippen molar-refractivity contribution < 1.29 is 58.2 Å². The summed E-state index contributed by atoms with van der Waals surface area (Å²) in [5, 5.41) is 9.53. The Morgan fingerprint density at radius 3 is 1.10 bits per heavy atom. The summed E-state index contributed by atoms with van der Waals surface area (Å²) < 4.78 is 133. The first-order valence-electron chi connectivity index (χ1n) is 3.74. The molecule has 0 aliphatic carbocycles. The van der Waals surface area contributed by atoms with Crippen molar-refractivity contribution >= 4 is 5.97 Å². The van der Waals surface area contributed by atoms with Crippen LogP contribution in [0.25, 0.3) is 0 Å². The minimum Gasteiger partial charge on any atom is -0.544 e. The van der Waals surface area contributed by atoms with Crippen LogP contribution in [0.3, 0.4) is 0 Å². The van der Waals surface area contributed by atoms with Crippen LogP contribution in [0, 0.1) is 0 Å². The van der Waals surface area contributed by atoms with Gasteiger partial charge in [-0.2, -0.15) is 43.9 Å². The fraction of sp³-hybridized carbons (Fsp3) is 0.833. The maximum atomic E-state index is 12.7. The third kappa shape index (κ3) is 2.47. The minimum absolute atomic E-state index is 0. The summed E-state index contributed by atoms with van der Waals surface area (Å²) in [5.74, 6) is -19.0. The fourth-order valence-electron chi connectivity index (χ4n) is 0.861. The molecule has 0 amide bonds. The number of carbonyl (C=O) groups is 1. The molecule has 0 heterocycles. The Morgan fingerprint density at radius 2 is 0.950 bits per heavy atom. The standard InChI is InChI=1S/C6HF11O2.H3N/c7-2(8,1(18)19)4(10,11)3(9,5(12,13)14)6(15,16)17;/h(H,18,19);1H3. The number of carbonyl (C=O) groups excluding carboxylic acids is 1. The zero-order valence-electron chi connectivity index (χ0n) is 8.97. The van der Waals surface area contributed by atoms with E-state index in [2.05, 4.69) is 0 Å². The highest BCUT2D eigenvalue weighted by Gasteiger charge is 2.90. The van der Waals surface area contributed by atoms with Crippen LogP contribution in [0.1, 0.15) is 0 Å². The van der Waals surface area contributed by atoms with Crippen LogP contribution < -0.4 is 11.3 Å². The molecule has 0 bridgehead atoms. The van der Waals surface area contributed by atoms with Crippen LogP contribution in [-0.4, -0.2) is 35.8 Å². The molecule has 122 valence electrons. The summed E-state index contributed by atoms with van der Waals surface area (Å²) >= 11 is 0. The van der Waals surface area contributed by atoms with Crippen molar-refractivity contribution in [2.24, 2.45) is 0 Å². The molecular weight excluding hydrogens is 327 g/mol. The second kappa shape index (κ2) is 4.89. The van der Waals surface area contributed by atoms with E-state index in [1.54, 1.807) is 0 Å². The van der Waals surface area contributed by atoms with Crippen molar-refractivity contribution in [1.82, 2.24) is 6.15 Å². The van der Waals surface area contributed by atoms with Gasteiger partial charge in [-0.05, 0) is 0 Å². The molecule has 0 fully saturated rings. The SMILES string of the molecule is O=C([O-])C(F)(F)C(F)(F)C(F)(C(F)(F)F)C(F)(F)F.[NH4+]. The lowest BCUT2D eigenvalue weighted by atomic mass is 9.91. The van der Waals surface area contributed by atoms with E-state index in [0.29, 0.717) is 0 Å². The summed E-state index contributed by atoms with van der Waals surface area (Å²) in [6.45, 7) is 0. The average molecular weight is 331 g/mol. The van der Waals surface area contributed by atoms with E-state index in [9.17, 15) is 58.2 Å². The first-order valence-corrected chi connectivity index (χ1v) is 3.74. The van der Waals surface area contributed by atoms with Crippen molar-refractivity contribution in [3.63, 3.8) is 0 Å². The van der Waals surface area contributed by atoms with Crippen molar-refractivity contribution in [3.05, 3.63) is 0 Å².